The zero-order valence-electron chi connectivity index (χ0n) is 6.56. The molecule has 0 aromatic rings. The van der Waals surface area contributed by atoms with Crippen molar-refractivity contribution >= 4 is 26.4 Å². The van der Waals surface area contributed by atoms with Gasteiger partial charge in [0.1, 0.15) is 0 Å². The van der Waals surface area contributed by atoms with E-state index in [9.17, 15) is 38.6 Å². The van der Waals surface area contributed by atoms with Crippen LogP contribution in [0.4, 0.5) is 30.2 Å². The van der Waals surface area contributed by atoms with Crippen LogP contribution in [0.15, 0.2) is 0 Å². The van der Waals surface area contributed by atoms with Crippen LogP contribution in [-0.4, -0.2) is 25.7 Å². The van der Waals surface area contributed by atoms with Crippen LogP contribution in [0.25, 0.3) is 0 Å². The predicted molar refractivity (Wildman–Crippen MR) is 36.0 cm³/mol. The van der Waals surface area contributed by atoms with Gasteiger partial charge in [-0.25, -0.2) is 4.74 Å². The molecule has 0 aliphatic rings. The molecule has 0 rings (SSSR count). The number of rotatable bonds is 4. The largest absolute Gasteiger partial charge is 0.527 e. The van der Waals surface area contributed by atoms with Crippen molar-refractivity contribution in [2.45, 2.75) is 17.2 Å². The Hall–Kier alpha value is -0.140. The maximum absolute atomic E-state index is 12.7. The first-order valence-corrected chi connectivity index (χ1v) is 4.94. The van der Waals surface area contributed by atoms with Gasteiger partial charge in [-0.05, 0) is 15.9 Å². The average Bonchev–Trinajstić information content (AvgIpc) is 1.72. The molecule has 0 fully saturated rings. The summed E-state index contributed by atoms with van der Waals surface area (Å²) < 4.78 is 107. The molecule has 0 aliphatic carbocycles. The lowest BCUT2D eigenvalue weighted by Gasteiger charge is -2.27. The van der Waals surface area contributed by atoms with Crippen LogP contribution in [0.2, 0.25) is 0 Å². The van der Waals surface area contributed by atoms with E-state index in [1.807, 2.05) is 0 Å². The number of ether oxygens (including phenoxy) is 1. The molecular formula is C3BrF7O4S. The highest BCUT2D eigenvalue weighted by Crippen LogP contribution is 2.44. The Morgan fingerprint density at radius 3 is 1.56 bits per heavy atom. The van der Waals surface area contributed by atoms with E-state index in [4.69, 9.17) is 0 Å². The van der Waals surface area contributed by atoms with Gasteiger partial charge in [-0.1, -0.05) is 3.89 Å². The molecular weight excluding hydrogens is 345 g/mol. The number of halogens is 8. The summed E-state index contributed by atoms with van der Waals surface area (Å²) in [5, 5.41) is 0. The van der Waals surface area contributed by atoms with Gasteiger partial charge in [0.15, 0.2) is 0 Å². The molecule has 0 N–H and O–H groups in total. The van der Waals surface area contributed by atoms with Crippen LogP contribution in [0, 0.1) is 0 Å². The molecule has 0 heterocycles. The number of hydrogen-bond donors (Lipinski definition) is 0. The van der Waals surface area contributed by atoms with Gasteiger partial charge in [-0.15, -0.1) is 13.2 Å². The summed E-state index contributed by atoms with van der Waals surface area (Å²) in [5.74, 6) is 0. The highest BCUT2D eigenvalue weighted by Gasteiger charge is 2.64. The Morgan fingerprint density at radius 1 is 1.00 bits per heavy atom. The SMILES string of the molecule is O=S(=O)(F)OC(F)(OC(F)(F)F)C(F)(F)Br. The number of hydrogen-bond acceptors (Lipinski definition) is 4. The van der Waals surface area contributed by atoms with Gasteiger partial charge >= 0.3 is 27.7 Å². The van der Waals surface area contributed by atoms with Crippen molar-refractivity contribution in [3.8, 4) is 0 Å². The van der Waals surface area contributed by atoms with Crippen LogP contribution in [0.3, 0.4) is 0 Å². The average molecular weight is 345 g/mol. The van der Waals surface area contributed by atoms with Gasteiger partial charge < -0.3 is 0 Å². The van der Waals surface area contributed by atoms with E-state index in [0.717, 1.165) is 15.9 Å². The zero-order valence-corrected chi connectivity index (χ0v) is 8.97. The van der Waals surface area contributed by atoms with Crippen molar-refractivity contribution in [2.75, 3.05) is 0 Å². The topological polar surface area (TPSA) is 52.6 Å². The Kier molecular flexibility index (Phi) is 4.23. The van der Waals surface area contributed by atoms with Crippen LogP contribution in [0.1, 0.15) is 0 Å². The second kappa shape index (κ2) is 4.27. The first kappa shape index (κ1) is 15.9. The lowest BCUT2D eigenvalue weighted by Crippen LogP contribution is -2.49. The molecule has 1 unspecified atom stereocenters. The van der Waals surface area contributed by atoms with E-state index in [0.29, 0.717) is 0 Å². The maximum Gasteiger partial charge on any atom is 0.527 e. The molecule has 0 saturated heterocycles. The molecule has 16 heavy (non-hydrogen) atoms. The Labute approximate surface area is 91.9 Å². The van der Waals surface area contributed by atoms with E-state index < -0.39 is 27.7 Å². The lowest BCUT2D eigenvalue weighted by molar-refractivity contribution is -0.463. The normalized spacial score (nSPS) is 18.2. The first-order chi connectivity index (χ1) is 6.66. The Balaban J connectivity index is 5.23. The Bertz CT molecular complexity index is 346. The molecule has 4 nitrogen and oxygen atoms in total. The molecule has 0 aromatic heterocycles. The molecule has 0 amide bonds. The van der Waals surface area contributed by atoms with E-state index in [1.54, 1.807) is 0 Å². The van der Waals surface area contributed by atoms with Gasteiger partial charge in [0, 0.05) is 0 Å². The van der Waals surface area contributed by atoms with Crippen LogP contribution in [-0.2, 0) is 19.4 Å². The van der Waals surface area contributed by atoms with Crippen molar-refractivity contribution in [1.82, 2.24) is 0 Å². The zero-order chi connectivity index (χ0) is 13.4. The highest BCUT2D eigenvalue weighted by molar-refractivity contribution is 9.10. The van der Waals surface area contributed by atoms with Crippen molar-refractivity contribution in [3.05, 3.63) is 0 Å². The molecule has 0 radical (unpaired) electrons. The van der Waals surface area contributed by atoms with Gasteiger partial charge in [0.25, 0.3) is 0 Å². The van der Waals surface area contributed by atoms with Gasteiger partial charge in [0.2, 0.25) is 0 Å². The summed E-state index contributed by atoms with van der Waals surface area (Å²) >= 11 is 1.02. The molecule has 1 atom stereocenters. The molecule has 13 heteroatoms. The molecule has 0 bridgehead atoms. The second-order valence-corrected chi connectivity index (χ2v) is 4.01. The second-order valence-electron chi connectivity index (χ2n) is 2.06. The molecule has 0 saturated carbocycles. The quantitative estimate of drug-likeness (QED) is 0.340. The van der Waals surface area contributed by atoms with Crippen molar-refractivity contribution in [2.24, 2.45) is 0 Å². The molecule has 0 aromatic carbocycles. The molecule has 98 valence electrons. The third-order valence-corrected chi connectivity index (χ3v) is 1.68. The standard InChI is InChI=1S/C3BrF7O4S/c4-1(5,6)2(7,14-3(8,9)10)15-16(11,12)13. The smallest absolute Gasteiger partial charge is 0.223 e. The summed E-state index contributed by atoms with van der Waals surface area (Å²) in [6.45, 7) is 0. The maximum atomic E-state index is 12.7. The van der Waals surface area contributed by atoms with Gasteiger partial charge in [0.05, 0.1) is 0 Å². The van der Waals surface area contributed by atoms with Crippen molar-refractivity contribution < 1.29 is 47.6 Å². The molecule has 0 spiro atoms. The van der Waals surface area contributed by atoms with Gasteiger partial charge in [-0.3, -0.25) is 0 Å². The summed E-state index contributed by atoms with van der Waals surface area (Å²) in [7, 11) is -6.45. The van der Waals surface area contributed by atoms with E-state index in [-0.39, 0.29) is 0 Å². The fraction of sp³-hybridized carbons (Fsp3) is 1.00. The fourth-order valence-electron chi connectivity index (χ4n) is 0.399. The summed E-state index contributed by atoms with van der Waals surface area (Å²) in [6, 6.07) is -5.60. The Morgan fingerprint density at radius 2 is 1.38 bits per heavy atom. The minimum atomic E-state index is -6.45. The third kappa shape index (κ3) is 5.27. The third-order valence-electron chi connectivity index (χ3n) is 0.792. The summed E-state index contributed by atoms with van der Waals surface area (Å²) in [6.07, 6.45) is -6.03. The number of alkyl halides is 7. The summed E-state index contributed by atoms with van der Waals surface area (Å²) in [4.78, 5) is -5.27. The summed E-state index contributed by atoms with van der Waals surface area (Å²) in [5.41, 5.74) is 0. The first-order valence-electron chi connectivity index (χ1n) is 2.84. The minimum absolute atomic E-state index is 1.02. The van der Waals surface area contributed by atoms with Gasteiger partial charge in [-0.2, -0.15) is 25.8 Å². The lowest BCUT2D eigenvalue weighted by atomic mass is 10.6. The minimum Gasteiger partial charge on any atom is -0.223 e. The van der Waals surface area contributed by atoms with Crippen LogP contribution in [0.5, 0.6) is 0 Å². The highest BCUT2D eigenvalue weighted by atomic mass is 79.9. The van der Waals surface area contributed by atoms with Crippen molar-refractivity contribution in [1.29, 1.82) is 0 Å². The van der Waals surface area contributed by atoms with Crippen LogP contribution < -0.4 is 0 Å². The van der Waals surface area contributed by atoms with Crippen molar-refractivity contribution in [3.63, 3.8) is 0 Å². The van der Waals surface area contributed by atoms with E-state index in [1.165, 1.54) is 0 Å². The van der Waals surface area contributed by atoms with E-state index >= 15 is 0 Å². The monoisotopic (exact) mass is 344 g/mol. The van der Waals surface area contributed by atoms with E-state index in [2.05, 4.69) is 8.92 Å². The molecule has 0 aliphatic heterocycles. The predicted octanol–water partition coefficient (Wildman–Crippen LogP) is 2.36. The fourth-order valence-corrected chi connectivity index (χ4v) is 1.06. The van der Waals surface area contributed by atoms with Crippen LogP contribution >= 0.6 is 15.9 Å².